The summed E-state index contributed by atoms with van der Waals surface area (Å²) in [7, 11) is 0. The lowest BCUT2D eigenvalue weighted by atomic mass is 10.1. The third-order valence-electron chi connectivity index (χ3n) is 3.75. The molecule has 2 heterocycles. The van der Waals surface area contributed by atoms with Gasteiger partial charge in [0.05, 0.1) is 0 Å². The lowest BCUT2D eigenvalue weighted by molar-refractivity contribution is 0.0779. The maximum Gasteiger partial charge on any atom is 0.139 e. The number of rotatable bonds is 5. The van der Waals surface area contributed by atoms with E-state index in [-0.39, 0.29) is 0 Å². The highest BCUT2D eigenvalue weighted by molar-refractivity contribution is 5.55. The fourth-order valence-corrected chi connectivity index (χ4v) is 2.63. The van der Waals surface area contributed by atoms with E-state index in [2.05, 4.69) is 39.1 Å². The maximum atomic E-state index is 5.37. The summed E-state index contributed by atoms with van der Waals surface area (Å²) in [4.78, 5) is 4.47. The average molecular weight is 271 g/mol. The molecule has 1 fully saturated rings. The molecule has 0 amide bonds. The summed E-state index contributed by atoms with van der Waals surface area (Å²) in [6, 6.07) is 10.9. The van der Waals surface area contributed by atoms with Crippen LogP contribution in [0.3, 0.4) is 0 Å². The number of nitrogens with one attached hydrogen (secondary N) is 1. The molecule has 0 atom stereocenters. The van der Waals surface area contributed by atoms with Crippen molar-refractivity contribution in [3.63, 3.8) is 0 Å². The summed E-state index contributed by atoms with van der Waals surface area (Å²) >= 11 is 0. The molecule has 1 aliphatic heterocycles. The summed E-state index contributed by atoms with van der Waals surface area (Å²) in [6.45, 7) is 3.69. The molecule has 1 saturated heterocycles. The standard InChI is InChI=1S/C16H21N3O/c1-2-4-14(5-3-1)16-18-9-11-19(16)10-8-17-15-6-12-20-13-7-15/h1-5,9,11,15,17H,6-8,10,12-13H2. The smallest absolute Gasteiger partial charge is 0.139 e. The highest BCUT2D eigenvalue weighted by Gasteiger charge is 2.12. The minimum atomic E-state index is 0.604. The molecular weight excluding hydrogens is 250 g/mol. The van der Waals surface area contributed by atoms with Crippen LogP contribution >= 0.6 is 0 Å². The van der Waals surface area contributed by atoms with Gasteiger partial charge in [-0.15, -0.1) is 0 Å². The quantitative estimate of drug-likeness (QED) is 0.907. The van der Waals surface area contributed by atoms with E-state index in [4.69, 9.17) is 4.74 Å². The summed E-state index contributed by atoms with van der Waals surface area (Å²) < 4.78 is 7.58. The van der Waals surface area contributed by atoms with Crippen molar-refractivity contribution in [2.45, 2.75) is 25.4 Å². The highest BCUT2D eigenvalue weighted by Crippen LogP contribution is 2.16. The maximum absolute atomic E-state index is 5.37. The van der Waals surface area contributed by atoms with E-state index in [0.29, 0.717) is 6.04 Å². The van der Waals surface area contributed by atoms with Gasteiger partial charge in [-0.25, -0.2) is 4.98 Å². The van der Waals surface area contributed by atoms with Gasteiger partial charge in [0.25, 0.3) is 0 Å². The zero-order valence-electron chi connectivity index (χ0n) is 11.7. The van der Waals surface area contributed by atoms with E-state index < -0.39 is 0 Å². The molecule has 0 saturated carbocycles. The number of imidazole rings is 1. The molecule has 2 aromatic rings. The Kier molecular flexibility index (Phi) is 4.46. The molecule has 106 valence electrons. The normalized spacial score (nSPS) is 16.4. The largest absolute Gasteiger partial charge is 0.381 e. The van der Waals surface area contributed by atoms with Crippen molar-refractivity contribution in [2.24, 2.45) is 0 Å². The van der Waals surface area contributed by atoms with Crippen LogP contribution in [-0.2, 0) is 11.3 Å². The zero-order chi connectivity index (χ0) is 13.6. The first-order valence-corrected chi connectivity index (χ1v) is 7.31. The van der Waals surface area contributed by atoms with E-state index in [1.807, 2.05) is 18.5 Å². The Hall–Kier alpha value is -1.65. The first kappa shape index (κ1) is 13.3. The van der Waals surface area contributed by atoms with Crippen molar-refractivity contribution in [3.8, 4) is 11.4 Å². The Morgan fingerprint density at radius 3 is 2.80 bits per heavy atom. The van der Waals surface area contributed by atoms with E-state index in [1.54, 1.807) is 0 Å². The molecule has 1 N–H and O–H groups in total. The summed E-state index contributed by atoms with van der Waals surface area (Å²) in [5.74, 6) is 1.04. The molecule has 0 spiro atoms. The highest BCUT2D eigenvalue weighted by atomic mass is 16.5. The van der Waals surface area contributed by atoms with Crippen LogP contribution in [0.4, 0.5) is 0 Å². The topological polar surface area (TPSA) is 39.1 Å². The molecular formula is C16H21N3O. The van der Waals surface area contributed by atoms with E-state index in [0.717, 1.165) is 45.0 Å². The zero-order valence-corrected chi connectivity index (χ0v) is 11.7. The number of hydrogen-bond acceptors (Lipinski definition) is 3. The van der Waals surface area contributed by atoms with Gasteiger partial charge in [0.2, 0.25) is 0 Å². The van der Waals surface area contributed by atoms with Crippen molar-refractivity contribution in [2.75, 3.05) is 19.8 Å². The van der Waals surface area contributed by atoms with Gasteiger partial charge in [-0.3, -0.25) is 0 Å². The van der Waals surface area contributed by atoms with Crippen LogP contribution in [0.5, 0.6) is 0 Å². The van der Waals surface area contributed by atoms with Crippen molar-refractivity contribution in [1.82, 2.24) is 14.9 Å². The molecule has 0 aliphatic carbocycles. The van der Waals surface area contributed by atoms with Crippen LogP contribution < -0.4 is 5.32 Å². The fourth-order valence-electron chi connectivity index (χ4n) is 2.63. The second-order valence-electron chi connectivity index (χ2n) is 5.15. The fraction of sp³-hybridized carbons (Fsp3) is 0.438. The third-order valence-corrected chi connectivity index (χ3v) is 3.75. The Morgan fingerprint density at radius 1 is 1.20 bits per heavy atom. The molecule has 1 aliphatic rings. The van der Waals surface area contributed by atoms with Crippen LogP contribution in [0.1, 0.15) is 12.8 Å². The number of nitrogens with zero attached hydrogens (tertiary/aromatic N) is 2. The van der Waals surface area contributed by atoms with Crippen LogP contribution in [0.2, 0.25) is 0 Å². The van der Waals surface area contributed by atoms with Crippen molar-refractivity contribution in [3.05, 3.63) is 42.7 Å². The lowest BCUT2D eigenvalue weighted by Gasteiger charge is -2.23. The predicted molar refractivity (Wildman–Crippen MR) is 79.5 cm³/mol. The Labute approximate surface area is 119 Å². The molecule has 3 rings (SSSR count). The van der Waals surface area contributed by atoms with Gasteiger partial charge in [-0.05, 0) is 12.8 Å². The molecule has 1 aromatic heterocycles. The van der Waals surface area contributed by atoms with Gasteiger partial charge in [0.15, 0.2) is 0 Å². The molecule has 20 heavy (non-hydrogen) atoms. The summed E-state index contributed by atoms with van der Waals surface area (Å²) in [5.41, 5.74) is 1.17. The molecule has 1 aromatic carbocycles. The van der Waals surface area contributed by atoms with Gasteiger partial charge >= 0.3 is 0 Å². The molecule has 0 unspecified atom stereocenters. The minimum absolute atomic E-state index is 0.604. The van der Waals surface area contributed by atoms with Crippen molar-refractivity contribution >= 4 is 0 Å². The monoisotopic (exact) mass is 271 g/mol. The number of hydrogen-bond donors (Lipinski definition) is 1. The first-order chi connectivity index (χ1) is 9.93. The van der Waals surface area contributed by atoms with Gasteiger partial charge in [-0.1, -0.05) is 30.3 Å². The van der Waals surface area contributed by atoms with Crippen LogP contribution in [0.15, 0.2) is 42.7 Å². The van der Waals surface area contributed by atoms with Crippen LogP contribution in [-0.4, -0.2) is 35.4 Å². The number of benzene rings is 1. The second-order valence-corrected chi connectivity index (χ2v) is 5.15. The van der Waals surface area contributed by atoms with Crippen LogP contribution in [0, 0.1) is 0 Å². The van der Waals surface area contributed by atoms with Crippen molar-refractivity contribution < 1.29 is 4.74 Å². The first-order valence-electron chi connectivity index (χ1n) is 7.31. The minimum Gasteiger partial charge on any atom is -0.381 e. The van der Waals surface area contributed by atoms with Gasteiger partial charge in [0, 0.05) is 50.3 Å². The molecule has 4 nitrogen and oxygen atoms in total. The Balaban J connectivity index is 1.57. The predicted octanol–water partition coefficient (Wildman–Crippen LogP) is 2.32. The Bertz CT molecular complexity index is 518. The van der Waals surface area contributed by atoms with Gasteiger partial charge in [0.1, 0.15) is 5.82 Å². The molecule has 4 heteroatoms. The molecule has 0 bridgehead atoms. The van der Waals surface area contributed by atoms with E-state index >= 15 is 0 Å². The summed E-state index contributed by atoms with van der Waals surface area (Å²) in [5, 5.41) is 3.61. The van der Waals surface area contributed by atoms with E-state index in [9.17, 15) is 0 Å². The van der Waals surface area contributed by atoms with E-state index in [1.165, 1.54) is 5.56 Å². The average Bonchev–Trinajstić information content (AvgIpc) is 2.98. The Morgan fingerprint density at radius 2 is 2.00 bits per heavy atom. The van der Waals surface area contributed by atoms with Crippen molar-refractivity contribution in [1.29, 1.82) is 0 Å². The van der Waals surface area contributed by atoms with Gasteiger partial charge < -0.3 is 14.6 Å². The number of ether oxygens (including phenoxy) is 1. The number of aromatic nitrogens is 2. The van der Waals surface area contributed by atoms with Gasteiger partial charge in [-0.2, -0.15) is 0 Å². The second kappa shape index (κ2) is 6.68. The molecule has 0 radical (unpaired) electrons. The SMILES string of the molecule is c1ccc(-c2nccn2CCNC2CCOCC2)cc1. The third kappa shape index (κ3) is 3.26. The van der Waals surface area contributed by atoms with Crippen LogP contribution in [0.25, 0.3) is 11.4 Å². The lowest BCUT2D eigenvalue weighted by Crippen LogP contribution is -2.36. The summed E-state index contributed by atoms with van der Waals surface area (Å²) in [6.07, 6.45) is 6.16.